The van der Waals surface area contributed by atoms with Crippen molar-refractivity contribution in [2.75, 3.05) is 26.5 Å². The van der Waals surface area contributed by atoms with Gasteiger partial charge in [0.05, 0.1) is 6.26 Å². The van der Waals surface area contributed by atoms with E-state index in [1.807, 2.05) is 30.3 Å². The summed E-state index contributed by atoms with van der Waals surface area (Å²) in [5.41, 5.74) is 0.799. The molecule has 122 valence electrons. The second kappa shape index (κ2) is 7.21. The molecule has 1 N–H and O–H groups in total. The van der Waals surface area contributed by atoms with Crippen LogP contribution < -0.4 is 4.72 Å². The lowest BCUT2D eigenvalue weighted by Crippen LogP contribution is -2.50. The second-order valence-corrected chi connectivity index (χ2v) is 7.32. The average Bonchev–Trinajstić information content (AvgIpc) is 2.47. The first-order valence-electron chi connectivity index (χ1n) is 7.24. The van der Waals surface area contributed by atoms with E-state index < -0.39 is 16.1 Å². The molecule has 7 heteroatoms. The fourth-order valence-electron chi connectivity index (χ4n) is 2.75. The molecule has 1 fully saturated rings. The van der Waals surface area contributed by atoms with Crippen LogP contribution in [0.3, 0.4) is 0 Å². The van der Waals surface area contributed by atoms with Crippen molar-refractivity contribution in [2.45, 2.75) is 25.0 Å². The number of benzene rings is 1. The third-order valence-corrected chi connectivity index (χ3v) is 4.44. The van der Waals surface area contributed by atoms with Gasteiger partial charge in [-0.05, 0) is 18.4 Å². The molecule has 1 aliphatic rings. The van der Waals surface area contributed by atoms with E-state index in [1.54, 1.807) is 4.90 Å². The van der Waals surface area contributed by atoms with Crippen molar-refractivity contribution in [3.63, 3.8) is 0 Å². The van der Waals surface area contributed by atoms with E-state index in [1.165, 1.54) is 7.11 Å². The highest BCUT2D eigenvalue weighted by Gasteiger charge is 2.30. The van der Waals surface area contributed by atoms with Crippen molar-refractivity contribution in [1.82, 2.24) is 9.62 Å². The molecule has 6 nitrogen and oxygen atoms in total. The van der Waals surface area contributed by atoms with E-state index in [9.17, 15) is 13.2 Å². The highest BCUT2D eigenvalue weighted by atomic mass is 32.2. The lowest BCUT2D eigenvalue weighted by molar-refractivity contribution is -0.143. The van der Waals surface area contributed by atoms with Gasteiger partial charge in [-0.25, -0.2) is 13.1 Å². The first-order valence-corrected chi connectivity index (χ1v) is 9.13. The Balaban J connectivity index is 2.07. The number of carbonyl (C=O) groups is 1. The zero-order valence-corrected chi connectivity index (χ0v) is 13.7. The molecule has 1 aromatic rings. The third-order valence-electron chi connectivity index (χ3n) is 3.68. The lowest BCUT2D eigenvalue weighted by Gasteiger charge is -2.34. The van der Waals surface area contributed by atoms with E-state index in [0.717, 1.165) is 24.7 Å². The lowest BCUT2D eigenvalue weighted by atomic mass is 10.0. The normalized spacial score (nSPS) is 20.6. The summed E-state index contributed by atoms with van der Waals surface area (Å²) in [4.78, 5) is 14.3. The molecule has 1 aromatic carbocycles. The molecule has 2 atom stereocenters. The van der Waals surface area contributed by atoms with Gasteiger partial charge in [-0.3, -0.25) is 4.79 Å². The predicted octanol–water partition coefficient (Wildman–Crippen LogP) is 0.914. The number of ether oxygens (including phenoxy) is 1. The molecular weight excluding hydrogens is 304 g/mol. The van der Waals surface area contributed by atoms with Gasteiger partial charge in [0.25, 0.3) is 5.91 Å². The molecule has 0 saturated carbocycles. The van der Waals surface area contributed by atoms with Crippen LogP contribution in [0.1, 0.15) is 24.5 Å². The minimum atomic E-state index is -3.27. The number of hydrogen-bond acceptors (Lipinski definition) is 4. The molecule has 2 rings (SSSR count). The molecule has 1 heterocycles. The Hall–Kier alpha value is -1.44. The number of amides is 1. The van der Waals surface area contributed by atoms with Crippen LogP contribution in [0.25, 0.3) is 0 Å². The Morgan fingerprint density at radius 1 is 1.36 bits per heavy atom. The van der Waals surface area contributed by atoms with E-state index >= 15 is 0 Å². The SMILES string of the molecule is CO[C@H](C(=O)N1CCC[C@H](NS(C)(=O)=O)C1)c1ccccc1. The summed E-state index contributed by atoms with van der Waals surface area (Å²) in [6.07, 6.45) is 1.98. The Labute approximate surface area is 131 Å². The fourth-order valence-corrected chi connectivity index (χ4v) is 3.55. The summed E-state index contributed by atoms with van der Waals surface area (Å²) in [6, 6.07) is 9.07. The number of sulfonamides is 1. The van der Waals surface area contributed by atoms with Crippen molar-refractivity contribution in [1.29, 1.82) is 0 Å². The molecule has 0 unspecified atom stereocenters. The molecule has 0 radical (unpaired) electrons. The molecule has 0 bridgehead atoms. The average molecular weight is 326 g/mol. The van der Waals surface area contributed by atoms with Gasteiger partial charge in [0.15, 0.2) is 6.10 Å². The topological polar surface area (TPSA) is 75.7 Å². The number of likely N-dealkylation sites (tertiary alicyclic amines) is 1. The summed E-state index contributed by atoms with van der Waals surface area (Å²) >= 11 is 0. The molecule has 1 saturated heterocycles. The highest BCUT2D eigenvalue weighted by molar-refractivity contribution is 7.88. The van der Waals surface area contributed by atoms with Gasteiger partial charge >= 0.3 is 0 Å². The molecule has 0 aliphatic carbocycles. The Morgan fingerprint density at radius 3 is 2.64 bits per heavy atom. The van der Waals surface area contributed by atoms with Crippen LogP contribution in [0.15, 0.2) is 30.3 Å². The zero-order chi connectivity index (χ0) is 16.2. The van der Waals surface area contributed by atoms with Gasteiger partial charge in [-0.15, -0.1) is 0 Å². The van der Waals surface area contributed by atoms with Crippen molar-refractivity contribution in [3.8, 4) is 0 Å². The van der Waals surface area contributed by atoms with Crippen LogP contribution in [0.4, 0.5) is 0 Å². The van der Waals surface area contributed by atoms with Gasteiger partial charge < -0.3 is 9.64 Å². The van der Waals surface area contributed by atoms with E-state index in [2.05, 4.69) is 4.72 Å². The fraction of sp³-hybridized carbons (Fsp3) is 0.533. The summed E-state index contributed by atoms with van der Waals surface area (Å²) in [7, 11) is -1.76. The van der Waals surface area contributed by atoms with Crippen LogP contribution >= 0.6 is 0 Å². The Bertz CT molecular complexity index is 603. The van der Waals surface area contributed by atoms with Crippen LogP contribution in [0, 0.1) is 0 Å². The standard InChI is InChI=1S/C15H22N2O4S/c1-21-14(12-7-4-3-5-8-12)15(18)17-10-6-9-13(11-17)16-22(2,19)20/h3-5,7-8,13-14,16H,6,9-11H2,1-2H3/t13-,14-/m0/s1. The number of rotatable bonds is 5. The van der Waals surface area contributed by atoms with E-state index in [0.29, 0.717) is 13.1 Å². The van der Waals surface area contributed by atoms with Crippen LogP contribution in [0.5, 0.6) is 0 Å². The van der Waals surface area contributed by atoms with Crippen molar-refractivity contribution >= 4 is 15.9 Å². The number of piperidine rings is 1. The van der Waals surface area contributed by atoms with E-state index in [-0.39, 0.29) is 11.9 Å². The van der Waals surface area contributed by atoms with E-state index in [4.69, 9.17) is 4.74 Å². The largest absolute Gasteiger partial charge is 0.367 e. The third kappa shape index (κ3) is 4.53. The summed E-state index contributed by atoms with van der Waals surface area (Å²) < 4.78 is 30.6. The van der Waals surface area contributed by atoms with Crippen molar-refractivity contribution in [2.24, 2.45) is 0 Å². The zero-order valence-electron chi connectivity index (χ0n) is 12.9. The molecule has 1 aliphatic heterocycles. The van der Waals surface area contributed by atoms with Gasteiger partial charge in [-0.2, -0.15) is 0 Å². The van der Waals surface area contributed by atoms with Crippen LogP contribution in [-0.2, 0) is 19.6 Å². The number of nitrogens with one attached hydrogen (secondary N) is 1. The van der Waals surface area contributed by atoms with Gasteiger partial charge in [-0.1, -0.05) is 30.3 Å². The molecule has 0 spiro atoms. The maximum Gasteiger partial charge on any atom is 0.256 e. The number of hydrogen-bond donors (Lipinski definition) is 1. The molecule has 22 heavy (non-hydrogen) atoms. The van der Waals surface area contributed by atoms with Gasteiger partial charge in [0.2, 0.25) is 10.0 Å². The first-order chi connectivity index (χ1) is 10.4. The Kier molecular flexibility index (Phi) is 5.55. The molecule has 0 aromatic heterocycles. The van der Waals surface area contributed by atoms with Crippen LogP contribution in [0.2, 0.25) is 0 Å². The van der Waals surface area contributed by atoms with Crippen molar-refractivity contribution < 1.29 is 17.9 Å². The quantitative estimate of drug-likeness (QED) is 0.873. The first kappa shape index (κ1) is 16.9. The molecular formula is C15H22N2O4S. The Morgan fingerprint density at radius 2 is 2.05 bits per heavy atom. The number of nitrogens with zero attached hydrogens (tertiary/aromatic N) is 1. The minimum absolute atomic E-state index is 0.131. The summed E-state index contributed by atoms with van der Waals surface area (Å²) in [6.45, 7) is 0.992. The van der Waals surface area contributed by atoms with Gasteiger partial charge in [0, 0.05) is 26.2 Å². The molecule has 1 amide bonds. The van der Waals surface area contributed by atoms with Crippen LogP contribution in [-0.4, -0.2) is 51.7 Å². The summed E-state index contributed by atoms with van der Waals surface area (Å²) in [5, 5.41) is 0. The number of methoxy groups -OCH3 is 1. The smallest absolute Gasteiger partial charge is 0.256 e. The maximum atomic E-state index is 12.7. The monoisotopic (exact) mass is 326 g/mol. The minimum Gasteiger partial charge on any atom is -0.367 e. The number of carbonyl (C=O) groups excluding carboxylic acids is 1. The van der Waals surface area contributed by atoms with Gasteiger partial charge in [0.1, 0.15) is 0 Å². The van der Waals surface area contributed by atoms with Crippen molar-refractivity contribution in [3.05, 3.63) is 35.9 Å². The highest BCUT2D eigenvalue weighted by Crippen LogP contribution is 2.22. The maximum absolute atomic E-state index is 12.7. The summed E-state index contributed by atoms with van der Waals surface area (Å²) in [5.74, 6) is -0.131. The second-order valence-electron chi connectivity index (χ2n) is 5.54. The predicted molar refractivity (Wildman–Crippen MR) is 83.8 cm³/mol.